The molecule has 0 saturated heterocycles. The summed E-state index contributed by atoms with van der Waals surface area (Å²) < 4.78 is 1.38. The molecule has 0 aliphatic rings. The van der Waals surface area contributed by atoms with Crippen molar-refractivity contribution in [1.82, 2.24) is 19.8 Å². The first-order chi connectivity index (χ1) is 7.82. The molecule has 1 rings (SSSR count). The van der Waals surface area contributed by atoms with Gasteiger partial charge in [0.1, 0.15) is 0 Å². The van der Waals surface area contributed by atoms with Gasteiger partial charge < -0.3 is 16.5 Å². The van der Waals surface area contributed by atoms with E-state index in [4.69, 9.17) is 17.4 Å². The van der Waals surface area contributed by atoms with Crippen LogP contribution in [0, 0.1) is 0 Å². The van der Waals surface area contributed by atoms with Crippen LogP contribution in [0.15, 0.2) is 4.79 Å². The van der Waals surface area contributed by atoms with Gasteiger partial charge in [0, 0.05) is 18.5 Å². The van der Waals surface area contributed by atoms with Gasteiger partial charge in [-0.2, -0.15) is 4.68 Å². The highest BCUT2D eigenvalue weighted by Gasteiger charge is 2.23. The van der Waals surface area contributed by atoms with Gasteiger partial charge in [0.15, 0.2) is 0 Å². The number of hydrogen-bond acceptors (Lipinski definition) is 5. The Labute approximate surface area is 103 Å². The molecule has 1 aromatic rings. The predicted molar refractivity (Wildman–Crippen MR) is 64.9 cm³/mol. The lowest BCUT2D eigenvalue weighted by Crippen LogP contribution is -2.49. The second kappa shape index (κ2) is 4.66. The molecule has 0 bridgehead atoms. The van der Waals surface area contributed by atoms with E-state index in [1.54, 1.807) is 13.8 Å². The smallest absolute Gasteiger partial charge is 0.356 e. The maximum Gasteiger partial charge on any atom is 0.374 e. The van der Waals surface area contributed by atoms with Crippen LogP contribution in [0.3, 0.4) is 0 Å². The number of anilines is 1. The highest BCUT2D eigenvalue weighted by molar-refractivity contribution is 6.18. The molecule has 0 spiro atoms. The summed E-state index contributed by atoms with van der Waals surface area (Å²) in [5.74, 6) is 5.70. The number of carbonyl (C=O) groups excluding carboxylic acids is 1. The minimum absolute atomic E-state index is 0.0915. The summed E-state index contributed by atoms with van der Waals surface area (Å²) in [6, 6.07) is -0.679. The van der Waals surface area contributed by atoms with E-state index in [9.17, 15) is 9.59 Å². The van der Waals surface area contributed by atoms with Crippen molar-refractivity contribution in [2.75, 3.05) is 24.1 Å². The van der Waals surface area contributed by atoms with E-state index in [1.165, 1.54) is 7.05 Å². The molecule has 1 heterocycles. The summed E-state index contributed by atoms with van der Waals surface area (Å²) in [4.78, 5) is 23.3. The van der Waals surface area contributed by atoms with Gasteiger partial charge in [-0.25, -0.2) is 9.59 Å². The van der Waals surface area contributed by atoms with Crippen molar-refractivity contribution in [3.63, 3.8) is 0 Å². The molecule has 0 radical (unpaired) electrons. The van der Waals surface area contributed by atoms with E-state index in [2.05, 4.69) is 15.7 Å². The molecular weight excluding hydrogens is 248 g/mol. The van der Waals surface area contributed by atoms with Crippen LogP contribution in [0.25, 0.3) is 0 Å². The SMILES string of the molecule is CNc1nn(C(=O)NC(C)(C)CCl)c(=O)n1N. The minimum Gasteiger partial charge on any atom is -0.356 e. The number of nitrogens with one attached hydrogen (secondary N) is 2. The lowest BCUT2D eigenvalue weighted by molar-refractivity contribution is 0.230. The summed E-state index contributed by atoms with van der Waals surface area (Å²) in [5, 5.41) is 8.87. The molecule has 8 nitrogen and oxygen atoms in total. The monoisotopic (exact) mass is 262 g/mol. The molecular formula is C8H15ClN6O2. The molecule has 4 N–H and O–H groups in total. The molecule has 0 fully saturated rings. The van der Waals surface area contributed by atoms with Crippen LogP contribution in [0.5, 0.6) is 0 Å². The van der Waals surface area contributed by atoms with E-state index in [1.807, 2.05) is 0 Å². The lowest BCUT2D eigenvalue weighted by atomic mass is 10.1. The topological polar surface area (TPSA) is 107 Å². The number of hydrogen-bond donors (Lipinski definition) is 3. The van der Waals surface area contributed by atoms with Crippen LogP contribution >= 0.6 is 11.6 Å². The summed E-state index contributed by atoms with van der Waals surface area (Å²) in [6.45, 7) is 3.45. The summed E-state index contributed by atoms with van der Waals surface area (Å²) in [6.07, 6.45) is 0. The van der Waals surface area contributed by atoms with E-state index < -0.39 is 17.3 Å². The Hall–Kier alpha value is -1.70. The van der Waals surface area contributed by atoms with Gasteiger partial charge in [0.2, 0.25) is 5.95 Å². The molecule has 1 amide bonds. The maximum atomic E-state index is 11.8. The molecule has 17 heavy (non-hydrogen) atoms. The third-order valence-corrected chi connectivity index (χ3v) is 2.67. The zero-order valence-corrected chi connectivity index (χ0v) is 10.6. The molecule has 0 aliphatic carbocycles. The Bertz CT molecular complexity index is 477. The number of halogens is 1. The van der Waals surface area contributed by atoms with Gasteiger partial charge in [-0.05, 0) is 13.8 Å². The highest BCUT2D eigenvalue weighted by Crippen LogP contribution is 2.04. The molecule has 0 unspecified atom stereocenters. The number of nitrogens with two attached hydrogens (primary N) is 1. The summed E-state index contributed by atoms with van der Waals surface area (Å²) in [7, 11) is 1.54. The first kappa shape index (κ1) is 13.4. The van der Waals surface area contributed by atoms with Crippen LogP contribution in [-0.2, 0) is 0 Å². The van der Waals surface area contributed by atoms with Gasteiger partial charge in [-0.1, -0.05) is 0 Å². The third-order valence-electron chi connectivity index (χ3n) is 2.01. The first-order valence-corrected chi connectivity index (χ1v) is 5.39. The van der Waals surface area contributed by atoms with Crippen LogP contribution in [0.4, 0.5) is 10.7 Å². The molecule has 96 valence electrons. The second-order valence-electron chi connectivity index (χ2n) is 4.09. The van der Waals surface area contributed by atoms with Crippen molar-refractivity contribution in [3.8, 4) is 0 Å². The minimum atomic E-state index is -0.739. The van der Waals surface area contributed by atoms with E-state index in [-0.39, 0.29) is 11.8 Å². The zero-order valence-electron chi connectivity index (χ0n) is 9.82. The van der Waals surface area contributed by atoms with Crippen molar-refractivity contribution in [3.05, 3.63) is 10.5 Å². The average Bonchev–Trinajstić information content (AvgIpc) is 2.55. The Kier molecular flexibility index (Phi) is 3.66. The standard InChI is InChI=1S/C8H15ClN6O2/c1-8(2,4-9)12-6(16)15-7(17)14(10)5(11-3)13-15/h4,10H2,1-3H3,(H,11,13)(H,12,16). The van der Waals surface area contributed by atoms with Crippen LogP contribution in [-0.4, -0.2) is 39.0 Å². The van der Waals surface area contributed by atoms with Crippen molar-refractivity contribution in [2.45, 2.75) is 19.4 Å². The van der Waals surface area contributed by atoms with Crippen LogP contribution < -0.4 is 22.2 Å². The third kappa shape index (κ3) is 2.70. The zero-order chi connectivity index (χ0) is 13.2. The largest absolute Gasteiger partial charge is 0.374 e. The second-order valence-corrected chi connectivity index (χ2v) is 4.35. The van der Waals surface area contributed by atoms with Crippen LogP contribution in [0.2, 0.25) is 0 Å². The van der Waals surface area contributed by atoms with Crippen molar-refractivity contribution in [2.24, 2.45) is 0 Å². The number of amides is 1. The molecule has 9 heteroatoms. The highest BCUT2D eigenvalue weighted by atomic mass is 35.5. The Morgan fingerprint density at radius 2 is 2.18 bits per heavy atom. The van der Waals surface area contributed by atoms with Gasteiger partial charge in [-0.15, -0.1) is 21.4 Å². The van der Waals surface area contributed by atoms with E-state index >= 15 is 0 Å². The number of aromatic nitrogens is 3. The Morgan fingerprint density at radius 3 is 2.59 bits per heavy atom. The van der Waals surface area contributed by atoms with Crippen molar-refractivity contribution < 1.29 is 4.79 Å². The molecule has 0 saturated carbocycles. The molecule has 0 aromatic carbocycles. The normalized spacial score (nSPS) is 11.3. The van der Waals surface area contributed by atoms with Crippen LogP contribution in [0.1, 0.15) is 13.8 Å². The van der Waals surface area contributed by atoms with Gasteiger partial charge in [0.05, 0.1) is 0 Å². The number of nitrogen functional groups attached to an aromatic ring is 1. The fourth-order valence-corrected chi connectivity index (χ4v) is 1.12. The summed E-state index contributed by atoms with van der Waals surface area (Å²) >= 11 is 5.66. The quantitative estimate of drug-likeness (QED) is 0.497. The number of nitrogens with zero attached hydrogens (tertiary/aromatic N) is 3. The number of rotatable bonds is 3. The van der Waals surface area contributed by atoms with E-state index in [0.29, 0.717) is 4.68 Å². The lowest BCUT2D eigenvalue weighted by Gasteiger charge is -2.22. The maximum absolute atomic E-state index is 11.8. The number of carbonyl (C=O) groups is 1. The van der Waals surface area contributed by atoms with E-state index in [0.717, 1.165) is 4.68 Å². The van der Waals surface area contributed by atoms with Gasteiger partial charge in [-0.3, -0.25) is 0 Å². The average molecular weight is 263 g/mol. The van der Waals surface area contributed by atoms with Gasteiger partial charge >= 0.3 is 11.7 Å². The fourth-order valence-electron chi connectivity index (χ4n) is 1.06. The Morgan fingerprint density at radius 1 is 1.59 bits per heavy atom. The molecule has 0 atom stereocenters. The first-order valence-electron chi connectivity index (χ1n) is 4.86. The predicted octanol–water partition coefficient (Wildman–Crippen LogP) is -0.625. The Balaban J connectivity index is 3.02. The van der Waals surface area contributed by atoms with Crippen molar-refractivity contribution in [1.29, 1.82) is 0 Å². The number of alkyl halides is 1. The fraction of sp³-hybridized carbons (Fsp3) is 0.625. The van der Waals surface area contributed by atoms with Crippen molar-refractivity contribution >= 4 is 23.6 Å². The van der Waals surface area contributed by atoms with Gasteiger partial charge in [0.25, 0.3) is 0 Å². The molecule has 0 aliphatic heterocycles. The molecule has 1 aromatic heterocycles. The summed E-state index contributed by atoms with van der Waals surface area (Å²) in [5.41, 5.74) is -1.38.